The van der Waals surface area contributed by atoms with Crippen LogP contribution in [-0.4, -0.2) is 54.3 Å². The lowest BCUT2D eigenvalue weighted by atomic mass is 9.99. The van der Waals surface area contributed by atoms with Crippen LogP contribution >= 0.6 is 0 Å². The minimum atomic E-state index is -0.523. The highest BCUT2D eigenvalue weighted by Crippen LogP contribution is 2.38. The third kappa shape index (κ3) is 5.44. The van der Waals surface area contributed by atoms with Crippen molar-refractivity contribution >= 4 is 17.5 Å². The molecule has 1 saturated heterocycles. The van der Waals surface area contributed by atoms with Gasteiger partial charge in [0.1, 0.15) is 11.5 Å². The summed E-state index contributed by atoms with van der Waals surface area (Å²) in [7, 11) is 3.97. The number of amides is 2. The molecule has 3 aromatic carbocycles. The summed E-state index contributed by atoms with van der Waals surface area (Å²) in [6.45, 7) is 0.0553. The van der Waals surface area contributed by atoms with Crippen LogP contribution in [0.1, 0.15) is 18.0 Å². The highest BCUT2D eigenvalue weighted by atomic mass is 16.5. The van der Waals surface area contributed by atoms with Gasteiger partial charge in [0.25, 0.3) is 0 Å². The number of hydrogen-bond donors (Lipinski definition) is 2. The van der Waals surface area contributed by atoms with E-state index in [0.29, 0.717) is 17.9 Å². The van der Waals surface area contributed by atoms with Crippen LogP contribution in [0.5, 0.6) is 11.5 Å². The SMILES string of the molecule is CN(C)[C@@H]1C[C@@H](C(N)=O)N(CC(=O)Nc2ccc(Oc3ccccc3)cc2)[C@H]1c1ccccc1. The molecule has 7 nitrogen and oxygen atoms in total. The summed E-state index contributed by atoms with van der Waals surface area (Å²) in [5, 5.41) is 2.93. The predicted molar refractivity (Wildman–Crippen MR) is 133 cm³/mol. The Morgan fingerprint density at radius 2 is 1.53 bits per heavy atom. The van der Waals surface area contributed by atoms with Crippen molar-refractivity contribution in [3.63, 3.8) is 0 Å². The zero-order chi connectivity index (χ0) is 24.1. The van der Waals surface area contributed by atoms with E-state index in [1.807, 2.05) is 79.7 Å². The number of benzene rings is 3. The molecule has 34 heavy (non-hydrogen) atoms. The fourth-order valence-corrected chi connectivity index (χ4v) is 4.55. The Kier molecular flexibility index (Phi) is 7.25. The first-order valence-corrected chi connectivity index (χ1v) is 11.3. The van der Waals surface area contributed by atoms with E-state index in [2.05, 4.69) is 10.2 Å². The maximum absolute atomic E-state index is 13.0. The van der Waals surface area contributed by atoms with E-state index in [4.69, 9.17) is 10.5 Å². The van der Waals surface area contributed by atoms with Crippen LogP contribution in [0.25, 0.3) is 0 Å². The summed E-state index contributed by atoms with van der Waals surface area (Å²) in [5.41, 5.74) is 7.46. The third-order valence-electron chi connectivity index (χ3n) is 6.16. The van der Waals surface area contributed by atoms with Gasteiger partial charge < -0.3 is 20.7 Å². The van der Waals surface area contributed by atoms with Gasteiger partial charge in [0, 0.05) is 11.7 Å². The smallest absolute Gasteiger partial charge is 0.238 e. The molecule has 1 aliphatic rings. The third-order valence-corrected chi connectivity index (χ3v) is 6.16. The molecule has 0 aromatic heterocycles. The molecule has 2 amide bonds. The number of carbonyl (C=O) groups is 2. The first-order chi connectivity index (χ1) is 16.4. The molecule has 0 unspecified atom stereocenters. The van der Waals surface area contributed by atoms with E-state index in [1.165, 1.54) is 0 Å². The Balaban J connectivity index is 1.47. The molecule has 4 rings (SSSR count). The minimum absolute atomic E-state index is 0.0553. The van der Waals surface area contributed by atoms with Gasteiger partial charge >= 0.3 is 0 Å². The zero-order valence-corrected chi connectivity index (χ0v) is 19.4. The van der Waals surface area contributed by atoms with E-state index in [-0.39, 0.29) is 24.5 Å². The lowest BCUT2D eigenvalue weighted by molar-refractivity contribution is -0.124. The summed E-state index contributed by atoms with van der Waals surface area (Å²) < 4.78 is 5.81. The maximum Gasteiger partial charge on any atom is 0.238 e. The summed E-state index contributed by atoms with van der Waals surface area (Å²) in [5.74, 6) is 0.799. The molecule has 0 aliphatic carbocycles. The quantitative estimate of drug-likeness (QED) is 0.538. The van der Waals surface area contributed by atoms with Crippen LogP contribution in [0.2, 0.25) is 0 Å². The van der Waals surface area contributed by atoms with Gasteiger partial charge in [-0.2, -0.15) is 0 Å². The number of likely N-dealkylation sites (tertiary alicyclic amines) is 1. The van der Waals surface area contributed by atoms with Crippen molar-refractivity contribution in [3.8, 4) is 11.5 Å². The van der Waals surface area contributed by atoms with Crippen molar-refractivity contribution in [2.75, 3.05) is 26.0 Å². The van der Waals surface area contributed by atoms with Crippen molar-refractivity contribution in [1.82, 2.24) is 9.80 Å². The lowest BCUT2D eigenvalue weighted by Gasteiger charge is -2.32. The molecule has 3 aromatic rings. The van der Waals surface area contributed by atoms with Crippen LogP contribution in [0.3, 0.4) is 0 Å². The zero-order valence-electron chi connectivity index (χ0n) is 19.4. The first-order valence-electron chi connectivity index (χ1n) is 11.3. The van der Waals surface area contributed by atoms with Crippen LogP contribution in [0.4, 0.5) is 5.69 Å². The Bertz CT molecular complexity index is 1100. The van der Waals surface area contributed by atoms with Crippen LogP contribution in [0.15, 0.2) is 84.9 Å². The highest BCUT2D eigenvalue weighted by molar-refractivity contribution is 5.93. The lowest BCUT2D eigenvalue weighted by Crippen LogP contribution is -2.45. The van der Waals surface area contributed by atoms with Gasteiger partial charge in [-0.25, -0.2) is 0 Å². The molecule has 0 bridgehead atoms. The average molecular weight is 459 g/mol. The Morgan fingerprint density at radius 3 is 2.12 bits per heavy atom. The van der Waals surface area contributed by atoms with Gasteiger partial charge in [0.2, 0.25) is 11.8 Å². The number of hydrogen-bond acceptors (Lipinski definition) is 5. The van der Waals surface area contributed by atoms with Gasteiger partial charge in [0.05, 0.1) is 18.6 Å². The number of ether oxygens (including phenoxy) is 1. The average Bonchev–Trinajstić information content (AvgIpc) is 3.21. The molecular formula is C27H30N4O3. The van der Waals surface area contributed by atoms with Crippen LogP contribution in [0, 0.1) is 0 Å². The Labute approximate surface area is 200 Å². The fourth-order valence-electron chi connectivity index (χ4n) is 4.55. The summed E-state index contributed by atoms with van der Waals surface area (Å²) in [4.78, 5) is 29.3. The minimum Gasteiger partial charge on any atom is -0.457 e. The summed E-state index contributed by atoms with van der Waals surface area (Å²) in [6, 6.07) is 26.1. The number of anilines is 1. The van der Waals surface area contributed by atoms with Crippen molar-refractivity contribution in [1.29, 1.82) is 0 Å². The molecule has 1 aliphatic heterocycles. The second-order valence-electron chi connectivity index (χ2n) is 8.70. The molecule has 176 valence electrons. The van der Waals surface area contributed by atoms with Crippen LogP contribution < -0.4 is 15.8 Å². The number of nitrogens with one attached hydrogen (secondary N) is 1. The number of rotatable bonds is 8. The van der Waals surface area contributed by atoms with Gasteiger partial charge in [-0.15, -0.1) is 0 Å². The molecule has 0 saturated carbocycles. The second-order valence-corrected chi connectivity index (χ2v) is 8.70. The van der Waals surface area contributed by atoms with Gasteiger partial charge in [-0.1, -0.05) is 48.5 Å². The van der Waals surface area contributed by atoms with Gasteiger partial charge in [-0.3, -0.25) is 14.5 Å². The van der Waals surface area contributed by atoms with E-state index in [9.17, 15) is 9.59 Å². The monoisotopic (exact) mass is 458 g/mol. The summed E-state index contributed by atoms with van der Waals surface area (Å²) >= 11 is 0. The van der Waals surface area contributed by atoms with E-state index >= 15 is 0 Å². The topological polar surface area (TPSA) is 87.9 Å². The molecule has 7 heteroatoms. The number of carbonyl (C=O) groups excluding carboxylic acids is 2. The maximum atomic E-state index is 13.0. The molecule has 3 N–H and O–H groups in total. The predicted octanol–water partition coefficient (Wildman–Crippen LogP) is 3.65. The van der Waals surface area contributed by atoms with Crippen molar-refractivity contribution in [2.45, 2.75) is 24.5 Å². The fraction of sp³-hybridized carbons (Fsp3) is 0.259. The van der Waals surface area contributed by atoms with Crippen molar-refractivity contribution in [3.05, 3.63) is 90.5 Å². The highest BCUT2D eigenvalue weighted by Gasteiger charge is 2.45. The number of para-hydroxylation sites is 1. The first kappa shape index (κ1) is 23.5. The molecular weight excluding hydrogens is 428 g/mol. The van der Waals surface area contributed by atoms with E-state index < -0.39 is 11.9 Å². The van der Waals surface area contributed by atoms with Crippen LogP contribution in [-0.2, 0) is 9.59 Å². The Morgan fingerprint density at radius 1 is 0.941 bits per heavy atom. The Hall–Kier alpha value is -3.68. The second kappa shape index (κ2) is 10.5. The van der Waals surface area contributed by atoms with E-state index in [0.717, 1.165) is 11.3 Å². The molecule has 0 spiro atoms. The molecule has 0 radical (unpaired) electrons. The summed E-state index contributed by atoms with van der Waals surface area (Å²) in [6.07, 6.45) is 0.570. The van der Waals surface area contributed by atoms with Gasteiger partial charge in [0.15, 0.2) is 0 Å². The molecule has 1 heterocycles. The number of likely N-dealkylation sites (N-methyl/N-ethyl adjacent to an activating group) is 1. The van der Waals surface area contributed by atoms with Crippen molar-refractivity contribution < 1.29 is 14.3 Å². The molecule has 3 atom stereocenters. The molecule has 1 fully saturated rings. The number of nitrogens with two attached hydrogens (primary N) is 1. The number of primary amides is 1. The van der Waals surface area contributed by atoms with E-state index in [1.54, 1.807) is 24.3 Å². The van der Waals surface area contributed by atoms with Gasteiger partial charge in [-0.05, 0) is 62.5 Å². The van der Waals surface area contributed by atoms with Crippen molar-refractivity contribution in [2.24, 2.45) is 5.73 Å². The normalized spacial score (nSPS) is 20.3. The number of nitrogens with zero attached hydrogens (tertiary/aromatic N) is 2. The standard InChI is InChI=1S/C27H30N4O3/c1-30(2)23-17-24(27(28)33)31(26(23)19-9-5-3-6-10-19)18-25(32)29-20-13-15-22(16-14-20)34-21-11-7-4-8-12-21/h3-16,23-24,26H,17-18H2,1-2H3,(H2,28,33)(H,29,32)/t23-,24+,26+/m1/s1. The largest absolute Gasteiger partial charge is 0.457 e.